The lowest BCUT2D eigenvalue weighted by molar-refractivity contribution is -0.114. The average Bonchev–Trinajstić information content (AvgIpc) is 2.63. The van der Waals surface area contributed by atoms with Gasteiger partial charge < -0.3 is 15.4 Å². The second kappa shape index (κ2) is 10.7. The van der Waals surface area contributed by atoms with Gasteiger partial charge in [0.2, 0.25) is 5.91 Å². The molecule has 0 bridgehead atoms. The maximum absolute atomic E-state index is 12.1. The molecule has 0 unspecified atom stereocenters. The fraction of sp³-hybridized carbons (Fsp3) is 0.381. The van der Waals surface area contributed by atoms with E-state index in [1.54, 1.807) is 0 Å². The summed E-state index contributed by atoms with van der Waals surface area (Å²) in [7, 11) is 0. The van der Waals surface area contributed by atoms with Crippen molar-refractivity contribution < 1.29 is 9.53 Å². The molecule has 0 atom stereocenters. The highest BCUT2D eigenvalue weighted by atomic mass is 35.5. The summed E-state index contributed by atoms with van der Waals surface area (Å²) < 4.78 is 5.75. The summed E-state index contributed by atoms with van der Waals surface area (Å²) in [6, 6.07) is 13.1. The maximum atomic E-state index is 12.1. The summed E-state index contributed by atoms with van der Waals surface area (Å²) in [6.45, 7) is 5.00. The minimum atomic E-state index is -0.123. The van der Waals surface area contributed by atoms with Crippen LogP contribution in [-0.2, 0) is 4.79 Å². The Kier molecular flexibility index (Phi) is 8.29. The first-order valence-corrected chi connectivity index (χ1v) is 9.49. The zero-order valence-corrected chi connectivity index (χ0v) is 16.2. The van der Waals surface area contributed by atoms with Gasteiger partial charge in [-0.15, -0.1) is 0 Å². The minimum absolute atomic E-state index is 0.123. The van der Waals surface area contributed by atoms with Crippen LogP contribution in [0.3, 0.4) is 0 Å². The van der Waals surface area contributed by atoms with Crippen LogP contribution in [0.1, 0.15) is 38.2 Å². The number of aryl methyl sites for hydroxylation is 1. The number of nitrogens with one attached hydrogen (secondary N) is 2. The number of carbonyl (C=O) groups excluding carboxylic acids is 1. The van der Waals surface area contributed by atoms with E-state index < -0.39 is 0 Å². The SMILES string of the molecule is CCCCCCOc1cccc(NC(=O)CNc2ccc(C)c(Cl)c2)c1. The van der Waals surface area contributed by atoms with Crippen molar-refractivity contribution in [3.63, 3.8) is 0 Å². The third-order valence-electron chi connectivity index (χ3n) is 4.01. The van der Waals surface area contributed by atoms with Crippen LogP contribution in [0.15, 0.2) is 42.5 Å². The van der Waals surface area contributed by atoms with Crippen LogP contribution in [0.4, 0.5) is 11.4 Å². The Bertz CT molecular complexity index is 719. The van der Waals surface area contributed by atoms with Crippen molar-refractivity contribution >= 4 is 28.9 Å². The predicted octanol–water partition coefficient (Wildman–Crippen LogP) is 5.66. The molecule has 2 aromatic carbocycles. The smallest absolute Gasteiger partial charge is 0.243 e. The number of hydrogen-bond donors (Lipinski definition) is 2. The lowest BCUT2D eigenvalue weighted by Crippen LogP contribution is -2.21. The van der Waals surface area contributed by atoms with Crippen molar-refractivity contribution in [1.82, 2.24) is 0 Å². The summed E-state index contributed by atoms with van der Waals surface area (Å²) in [5, 5.41) is 6.63. The molecule has 0 radical (unpaired) electrons. The number of rotatable bonds is 10. The van der Waals surface area contributed by atoms with Crippen molar-refractivity contribution in [3.05, 3.63) is 53.1 Å². The molecule has 0 spiro atoms. The Morgan fingerprint density at radius 1 is 1.08 bits per heavy atom. The molecule has 0 aliphatic heterocycles. The molecule has 2 rings (SSSR count). The first kappa shape index (κ1) is 20.1. The number of amides is 1. The summed E-state index contributed by atoms with van der Waals surface area (Å²) >= 11 is 6.09. The predicted molar refractivity (Wildman–Crippen MR) is 109 cm³/mol. The van der Waals surface area contributed by atoms with Gasteiger partial charge >= 0.3 is 0 Å². The Balaban J connectivity index is 1.79. The summed E-state index contributed by atoms with van der Waals surface area (Å²) in [5.41, 5.74) is 2.55. The third-order valence-corrected chi connectivity index (χ3v) is 4.42. The quantitative estimate of drug-likeness (QED) is 0.527. The Morgan fingerprint density at radius 2 is 1.92 bits per heavy atom. The van der Waals surface area contributed by atoms with Crippen LogP contribution in [0.2, 0.25) is 5.02 Å². The molecule has 2 aromatic rings. The topological polar surface area (TPSA) is 50.4 Å². The molecule has 0 aliphatic rings. The van der Waals surface area contributed by atoms with E-state index in [4.69, 9.17) is 16.3 Å². The van der Waals surface area contributed by atoms with Crippen LogP contribution in [0.5, 0.6) is 5.75 Å². The third kappa shape index (κ3) is 6.96. The Hall–Kier alpha value is -2.20. The van der Waals surface area contributed by atoms with Gasteiger partial charge in [-0.3, -0.25) is 4.79 Å². The molecule has 1 amide bonds. The van der Waals surface area contributed by atoms with E-state index in [0.29, 0.717) is 11.6 Å². The lowest BCUT2D eigenvalue weighted by atomic mass is 10.2. The maximum Gasteiger partial charge on any atom is 0.243 e. The van der Waals surface area contributed by atoms with Gasteiger partial charge in [-0.1, -0.05) is 49.9 Å². The number of ether oxygens (including phenoxy) is 1. The number of unbranched alkanes of at least 4 members (excludes halogenated alkanes) is 3. The number of anilines is 2. The first-order valence-electron chi connectivity index (χ1n) is 9.11. The van der Waals surface area contributed by atoms with E-state index in [9.17, 15) is 4.79 Å². The van der Waals surface area contributed by atoms with E-state index in [1.807, 2.05) is 49.4 Å². The zero-order chi connectivity index (χ0) is 18.8. The van der Waals surface area contributed by atoms with Gasteiger partial charge in [-0.2, -0.15) is 0 Å². The largest absolute Gasteiger partial charge is 0.494 e. The average molecular weight is 375 g/mol. The molecular formula is C21H27ClN2O2. The first-order chi connectivity index (χ1) is 12.6. The van der Waals surface area contributed by atoms with E-state index in [0.717, 1.165) is 29.1 Å². The number of benzene rings is 2. The van der Waals surface area contributed by atoms with Crippen molar-refractivity contribution in [2.24, 2.45) is 0 Å². The van der Waals surface area contributed by atoms with E-state index in [-0.39, 0.29) is 12.5 Å². The molecule has 0 aliphatic carbocycles. The molecule has 26 heavy (non-hydrogen) atoms. The number of halogens is 1. The van der Waals surface area contributed by atoms with Crippen molar-refractivity contribution in [2.45, 2.75) is 39.5 Å². The fourth-order valence-electron chi connectivity index (χ4n) is 2.47. The summed E-state index contributed by atoms with van der Waals surface area (Å²) in [5.74, 6) is 0.652. The Morgan fingerprint density at radius 3 is 2.69 bits per heavy atom. The highest BCUT2D eigenvalue weighted by molar-refractivity contribution is 6.31. The zero-order valence-electron chi connectivity index (χ0n) is 15.5. The van der Waals surface area contributed by atoms with E-state index >= 15 is 0 Å². The van der Waals surface area contributed by atoms with Crippen LogP contribution in [-0.4, -0.2) is 19.1 Å². The second-order valence-electron chi connectivity index (χ2n) is 6.30. The van der Waals surface area contributed by atoms with Gasteiger partial charge in [-0.05, 0) is 43.2 Å². The fourth-order valence-corrected chi connectivity index (χ4v) is 2.65. The van der Waals surface area contributed by atoms with Crippen molar-refractivity contribution in [2.75, 3.05) is 23.8 Å². The van der Waals surface area contributed by atoms with Gasteiger partial charge in [-0.25, -0.2) is 0 Å². The van der Waals surface area contributed by atoms with Crippen molar-refractivity contribution in [3.8, 4) is 5.75 Å². The molecular weight excluding hydrogens is 348 g/mol. The van der Waals surface area contributed by atoms with Crippen LogP contribution >= 0.6 is 11.6 Å². The lowest BCUT2D eigenvalue weighted by Gasteiger charge is -2.11. The van der Waals surface area contributed by atoms with E-state index in [2.05, 4.69) is 17.6 Å². The molecule has 0 heterocycles. The highest BCUT2D eigenvalue weighted by Crippen LogP contribution is 2.20. The van der Waals surface area contributed by atoms with Gasteiger partial charge in [0, 0.05) is 22.5 Å². The molecule has 0 fully saturated rings. The standard InChI is InChI=1S/C21H27ClN2O2/c1-3-4-5-6-12-26-19-9-7-8-18(13-19)24-21(25)15-23-17-11-10-16(2)20(22)14-17/h7-11,13-14,23H,3-6,12,15H2,1-2H3,(H,24,25). The monoisotopic (exact) mass is 374 g/mol. The molecule has 0 saturated heterocycles. The van der Waals surface area contributed by atoms with Gasteiger partial charge in [0.05, 0.1) is 13.2 Å². The molecule has 0 aromatic heterocycles. The summed E-state index contributed by atoms with van der Waals surface area (Å²) in [6.07, 6.45) is 4.68. The molecule has 140 valence electrons. The van der Waals surface area contributed by atoms with Gasteiger partial charge in [0.1, 0.15) is 5.75 Å². The van der Waals surface area contributed by atoms with Crippen LogP contribution < -0.4 is 15.4 Å². The van der Waals surface area contributed by atoms with Gasteiger partial charge in [0.15, 0.2) is 0 Å². The Labute approximate surface area is 160 Å². The van der Waals surface area contributed by atoms with Crippen LogP contribution in [0, 0.1) is 6.92 Å². The second-order valence-corrected chi connectivity index (χ2v) is 6.71. The van der Waals surface area contributed by atoms with E-state index in [1.165, 1.54) is 19.3 Å². The highest BCUT2D eigenvalue weighted by Gasteiger charge is 2.05. The molecule has 0 saturated carbocycles. The number of carbonyl (C=O) groups is 1. The molecule has 2 N–H and O–H groups in total. The number of hydrogen-bond acceptors (Lipinski definition) is 3. The molecule has 4 nitrogen and oxygen atoms in total. The van der Waals surface area contributed by atoms with Crippen LogP contribution in [0.25, 0.3) is 0 Å². The molecule has 5 heteroatoms. The minimum Gasteiger partial charge on any atom is -0.494 e. The van der Waals surface area contributed by atoms with Gasteiger partial charge in [0.25, 0.3) is 0 Å². The summed E-state index contributed by atoms with van der Waals surface area (Å²) in [4.78, 5) is 12.1. The van der Waals surface area contributed by atoms with Crippen molar-refractivity contribution in [1.29, 1.82) is 0 Å². The normalized spacial score (nSPS) is 10.4.